The molecule has 32 heavy (non-hydrogen) atoms. The summed E-state index contributed by atoms with van der Waals surface area (Å²) in [5, 5.41) is 20.1. The van der Waals surface area contributed by atoms with Crippen LogP contribution < -0.4 is 0 Å². The van der Waals surface area contributed by atoms with Gasteiger partial charge in [-0.2, -0.15) is 0 Å². The second-order valence-electron chi connectivity index (χ2n) is 7.49. The summed E-state index contributed by atoms with van der Waals surface area (Å²) in [6, 6.07) is 15.6. The van der Waals surface area contributed by atoms with Crippen molar-refractivity contribution >= 4 is 23.4 Å². The Labute approximate surface area is 184 Å². The van der Waals surface area contributed by atoms with Gasteiger partial charge in [-0.15, -0.1) is 0 Å². The van der Waals surface area contributed by atoms with Crippen molar-refractivity contribution in [1.82, 2.24) is 4.90 Å². The average Bonchev–Trinajstić information content (AvgIpc) is 3.42. The van der Waals surface area contributed by atoms with Gasteiger partial charge in [0.15, 0.2) is 0 Å². The van der Waals surface area contributed by atoms with E-state index in [1.165, 1.54) is 23.3 Å². The van der Waals surface area contributed by atoms with Gasteiger partial charge in [0.25, 0.3) is 11.7 Å². The van der Waals surface area contributed by atoms with Crippen LogP contribution in [0.3, 0.4) is 0 Å². The van der Waals surface area contributed by atoms with Gasteiger partial charge in [0.1, 0.15) is 17.6 Å². The molecular formula is C25H21NO6. The minimum atomic E-state index is -1.05. The Balaban J connectivity index is 1.76. The number of benzene rings is 2. The molecule has 1 fully saturated rings. The molecule has 1 aliphatic rings. The van der Waals surface area contributed by atoms with Crippen molar-refractivity contribution in [2.24, 2.45) is 0 Å². The molecule has 0 bridgehead atoms. The van der Waals surface area contributed by atoms with Gasteiger partial charge in [-0.05, 0) is 41.8 Å². The molecule has 0 saturated carbocycles. The smallest absolute Gasteiger partial charge is 0.335 e. The number of likely N-dealkylation sites (tertiary alicyclic amines) is 1. The lowest BCUT2D eigenvalue weighted by Gasteiger charge is -2.23. The normalized spacial score (nSPS) is 17.7. The molecule has 2 N–H and O–H groups in total. The van der Waals surface area contributed by atoms with Gasteiger partial charge in [-0.1, -0.05) is 43.3 Å². The van der Waals surface area contributed by atoms with Crippen LogP contribution in [-0.4, -0.2) is 32.8 Å². The molecule has 0 radical (unpaired) electrons. The monoisotopic (exact) mass is 431 g/mol. The lowest BCUT2D eigenvalue weighted by atomic mass is 9.98. The second kappa shape index (κ2) is 8.55. The molecule has 7 nitrogen and oxygen atoms in total. The number of hydrogen-bond donors (Lipinski definition) is 2. The van der Waals surface area contributed by atoms with Gasteiger partial charge in [-0.25, -0.2) is 4.79 Å². The Morgan fingerprint density at radius 1 is 0.938 bits per heavy atom. The van der Waals surface area contributed by atoms with Gasteiger partial charge < -0.3 is 19.5 Å². The molecule has 7 heteroatoms. The maximum absolute atomic E-state index is 13.0. The van der Waals surface area contributed by atoms with E-state index in [-0.39, 0.29) is 23.4 Å². The Kier molecular flexibility index (Phi) is 5.64. The third kappa shape index (κ3) is 3.80. The summed E-state index contributed by atoms with van der Waals surface area (Å²) in [7, 11) is 0. The molecule has 1 saturated heterocycles. The fourth-order valence-corrected chi connectivity index (χ4v) is 3.79. The minimum Gasteiger partial charge on any atom is -0.507 e. The van der Waals surface area contributed by atoms with E-state index in [9.17, 15) is 19.5 Å². The van der Waals surface area contributed by atoms with Crippen LogP contribution >= 0.6 is 0 Å². The molecule has 4 rings (SSSR count). The van der Waals surface area contributed by atoms with Crippen molar-refractivity contribution in [1.29, 1.82) is 0 Å². The Morgan fingerprint density at radius 3 is 2.12 bits per heavy atom. The third-order valence-electron chi connectivity index (χ3n) is 5.54. The van der Waals surface area contributed by atoms with Crippen LogP contribution in [0, 0.1) is 0 Å². The van der Waals surface area contributed by atoms with Crippen molar-refractivity contribution < 1.29 is 29.0 Å². The lowest BCUT2D eigenvalue weighted by molar-refractivity contribution is -0.140. The number of ketones is 1. The molecule has 1 atom stereocenters. The van der Waals surface area contributed by atoms with Crippen LogP contribution in [0.15, 0.2) is 76.9 Å². The number of carbonyl (C=O) groups is 3. The number of aliphatic hydroxyl groups is 1. The average molecular weight is 431 g/mol. The molecule has 0 spiro atoms. The van der Waals surface area contributed by atoms with Gasteiger partial charge in [0.05, 0.1) is 17.4 Å². The molecule has 1 aliphatic heterocycles. The molecule has 2 heterocycles. The lowest BCUT2D eigenvalue weighted by Crippen LogP contribution is -2.29. The fraction of sp³-hybridized carbons (Fsp3) is 0.160. The molecule has 1 unspecified atom stereocenters. The standard InChI is InChI=1S/C25H21NO6/c1-2-15-5-9-17(10-6-15)22(27)20-21(19-4-3-13-32-19)26(24(29)23(20)28)14-16-7-11-18(12-8-16)25(30)31/h3-13,21,27H,2,14H2,1H3,(H,30,31)/b22-20-. The van der Waals surface area contributed by atoms with Crippen LogP contribution in [0.5, 0.6) is 0 Å². The summed E-state index contributed by atoms with van der Waals surface area (Å²) < 4.78 is 5.52. The SMILES string of the molecule is CCc1ccc(/C(O)=C2/C(=O)C(=O)N(Cc3ccc(C(=O)O)cc3)C2c2ccco2)cc1. The summed E-state index contributed by atoms with van der Waals surface area (Å²) in [4.78, 5) is 38.3. The summed E-state index contributed by atoms with van der Waals surface area (Å²) in [5.41, 5.74) is 2.22. The maximum Gasteiger partial charge on any atom is 0.335 e. The Morgan fingerprint density at radius 2 is 1.56 bits per heavy atom. The molecule has 1 aromatic heterocycles. The molecule has 1 amide bonds. The van der Waals surface area contributed by atoms with E-state index < -0.39 is 23.7 Å². The van der Waals surface area contributed by atoms with Crippen molar-refractivity contribution in [2.75, 3.05) is 0 Å². The largest absolute Gasteiger partial charge is 0.507 e. The fourth-order valence-electron chi connectivity index (χ4n) is 3.79. The van der Waals surface area contributed by atoms with E-state index >= 15 is 0 Å². The van der Waals surface area contributed by atoms with Crippen LogP contribution in [0.4, 0.5) is 0 Å². The van der Waals surface area contributed by atoms with Gasteiger partial charge in [-0.3, -0.25) is 9.59 Å². The van der Waals surface area contributed by atoms with E-state index in [1.807, 2.05) is 19.1 Å². The van der Waals surface area contributed by atoms with Crippen LogP contribution in [0.2, 0.25) is 0 Å². The highest BCUT2D eigenvalue weighted by atomic mass is 16.4. The Hall–Kier alpha value is -4.13. The number of nitrogens with zero attached hydrogens (tertiary/aromatic N) is 1. The quantitative estimate of drug-likeness (QED) is 0.345. The van der Waals surface area contributed by atoms with Gasteiger partial charge in [0, 0.05) is 12.1 Å². The predicted molar refractivity (Wildman–Crippen MR) is 116 cm³/mol. The first kappa shape index (κ1) is 21.1. The minimum absolute atomic E-state index is 0.0430. The number of hydrogen-bond acceptors (Lipinski definition) is 5. The van der Waals surface area contributed by atoms with Crippen molar-refractivity contribution in [3.8, 4) is 0 Å². The van der Waals surface area contributed by atoms with Crippen molar-refractivity contribution in [3.63, 3.8) is 0 Å². The molecule has 3 aromatic rings. The number of furan rings is 1. The van der Waals surface area contributed by atoms with E-state index in [0.717, 1.165) is 12.0 Å². The number of amides is 1. The van der Waals surface area contributed by atoms with E-state index in [0.29, 0.717) is 16.9 Å². The summed E-state index contributed by atoms with van der Waals surface area (Å²) in [6.07, 6.45) is 2.27. The number of carbonyl (C=O) groups excluding carboxylic acids is 2. The van der Waals surface area contributed by atoms with Gasteiger partial charge >= 0.3 is 5.97 Å². The first-order valence-electron chi connectivity index (χ1n) is 10.1. The zero-order chi connectivity index (χ0) is 22.8. The van der Waals surface area contributed by atoms with E-state index in [1.54, 1.807) is 36.4 Å². The zero-order valence-electron chi connectivity index (χ0n) is 17.3. The second-order valence-corrected chi connectivity index (χ2v) is 7.49. The first-order chi connectivity index (χ1) is 15.4. The third-order valence-corrected chi connectivity index (χ3v) is 5.54. The summed E-state index contributed by atoms with van der Waals surface area (Å²) in [5.74, 6) is -2.54. The molecule has 0 aliphatic carbocycles. The molecular weight excluding hydrogens is 410 g/mol. The number of carboxylic acids is 1. The first-order valence-corrected chi connectivity index (χ1v) is 10.1. The Bertz CT molecular complexity index is 1190. The summed E-state index contributed by atoms with van der Waals surface area (Å²) in [6.45, 7) is 2.06. The number of aromatic carboxylic acids is 1. The van der Waals surface area contributed by atoms with Gasteiger partial charge in [0.2, 0.25) is 0 Å². The van der Waals surface area contributed by atoms with Crippen LogP contribution in [0.1, 0.15) is 45.8 Å². The maximum atomic E-state index is 13.0. The molecule has 162 valence electrons. The van der Waals surface area contributed by atoms with E-state index in [4.69, 9.17) is 9.52 Å². The highest BCUT2D eigenvalue weighted by molar-refractivity contribution is 6.46. The van der Waals surface area contributed by atoms with Crippen molar-refractivity contribution in [2.45, 2.75) is 25.9 Å². The topological polar surface area (TPSA) is 108 Å². The number of carboxylic acid groups (broad SMARTS) is 1. The number of aryl methyl sites for hydroxylation is 1. The number of Topliss-reactive ketones (excluding diaryl/α,β-unsaturated/α-hetero) is 1. The van der Waals surface area contributed by atoms with Crippen molar-refractivity contribution in [3.05, 3.63) is 101 Å². The molecule has 2 aromatic carbocycles. The van der Waals surface area contributed by atoms with E-state index in [2.05, 4.69) is 0 Å². The number of aliphatic hydroxyl groups excluding tert-OH is 1. The highest BCUT2D eigenvalue weighted by Crippen LogP contribution is 2.40. The predicted octanol–water partition coefficient (Wildman–Crippen LogP) is 4.16. The number of rotatable bonds is 6. The summed E-state index contributed by atoms with van der Waals surface area (Å²) >= 11 is 0. The van der Waals surface area contributed by atoms with Crippen LogP contribution in [-0.2, 0) is 22.6 Å². The highest BCUT2D eigenvalue weighted by Gasteiger charge is 2.47. The zero-order valence-corrected chi connectivity index (χ0v) is 17.3. The van der Waals surface area contributed by atoms with Crippen LogP contribution in [0.25, 0.3) is 5.76 Å².